The number of aryl methyl sites for hydroxylation is 1. The number of hydrogen-bond donors (Lipinski definition) is 2. The zero-order chi connectivity index (χ0) is 16.2. The smallest absolute Gasteiger partial charge is 0.255 e. The van der Waals surface area contributed by atoms with Crippen molar-refractivity contribution in [2.75, 3.05) is 11.1 Å². The van der Waals surface area contributed by atoms with Crippen LogP contribution >= 0.6 is 0 Å². The van der Waals surface area contributed by atoms with Crippen molar-refractivity contribution in [1.82, 2.24) is 9.97 Å². The van der Waals surface area contributed by atoms with Crippen molar-refractivity contribution >= 4 is 17.5 Å². The van der Waals surface area contributed by atoms with E-state index < -0.39 is 0 Å². The second-order valence-corrected chi connectivity index (χ2v) is 5.15. The fourth-order valence-electron chi connectivity index (χ4n) is 2.29. The summed E-state index contributed by atoms with van der Waals surface area (Å²) in [5, 5.41) is 2.88. The van der Waals surface area contributed by atoms with E-state index in [1.54, 1.807) is 12.1 Å². The zero-order valence-corrected chi connectivity index (χ0v) is 12.7. The Morgan fingerprint density at radius 1 is 1.00 bits per heavy atom. The van der Waals surface area contributed by atoms with E-state index in [1.807, 2.05) is 55.5 Å². The molecule has 23 heavy (non-hydrogen) atoms. The molecule has 2 aromatic carbocycles. The maximum absolute atomic E-state index is 12.2. The molecule has 0 saturated carbocycles. The van der Waals surface area contributed by atoms with Gasteiger partial charge in [-0.1, -0.05) is 30.3 Å². The predicted molar refractivity (Wildman–Crippen MR) is 91.0 cm³/mol. The number of aromatic nitrogens is 2. The van der Waals surface area contributed by atoms with Crippen LogP contribution in [0.25, 0.3) is 11.3 Å². The second kappa shape index (κ2) is 6.27. The number of carbonyl (C=O) groups excluding carboxylic acids is 1. The van der Waals surface area contributed by atoms with Crippen LogP contribution in [0, 0.1) is 6.92 Å². The molecule has 0 atom stereocenters. The van der Waals surface area contributed by atoms with Gasteiger partial charge in [0, 0.05) is 22.5 Å². The number of rotatable bonds is 3. The Morgan fingerprint density at radius 2 is 1.78 bits per heavy atom. The van der Waals surface area contributed by atoms with Gasteiger partial charge in [-0.2, -0.15) is 0 Å². The largest absolute Gasteiger partial charge is 0.368 e. The number of nitrogens with two attached hydrogens (primary N) is 1. The number of anilines is 2. The van der Waals surface area contributed by atoms with Crippen molar-refractivity contribution in [3.63, 3.8) is 0 Å². The van der Waals surface area contributed by atoms with E-state index in [4.69, 9.17) is 5.73 Å². The first-order chi connectivity index (χ1) is 11.1. The summed E-state index contributed by atoms with van der Waals surface area (Å²) in [5.74, 6) is 0.0832. The third-order valence-electron chi connectivity index (χ3n) is 3.32. The van der Waals surface area contributed by atoms with Gasteiger partial charge in [0.15, 0.2) is 0 Å². The summed E-state index contributed by atoms with van der Waals surface area (Å²) in [6, 6.07) is 18.4. The summed E-state index contributed by atoms with van der Waals surface area (Å²) in [7, 11) is 0. The molecule has 0 aliphatic carbocycles. The summed E-state index contributed by atoms with van der Waals surface area (Å²) >= 11 is 0. The highest BCUT2D eigenvalue weighted by atomic mass is 16.1. The van der Waals surface area contributed by atoms with Gasteiger partial charge in [-0.05, 0) is 37.3 Å². The van der Waals surface area contributed by atoms with Crippen molar-refractivity contribution in [3.8, 4) is 11.3 Å². The van der Waals surface area contributed by atoms with E-state index >= 15 is 0 Å². The molecule has 1 aromatic heterocycles. The number of benzene rings is 2. The molecule has 3 aromatic rings. The Hall–Kier alpha value is -3.21. The average molecular weight is 304 g/mol. The Balaban J connectivity index is 1.87. The second-order valence-electron chi connectivity index (χ2n) is 5.15. The van der Waals surface area contributed by atoms with Crippen LogP contribution in [0.2, 0.25) is 0 Å². The quantitative estimate of drug-likeness (QED) is 0.778. The van der Waals surface area contributed by atoms with E-state index in [1.165, 1.54) is 0 Å². The molecule has 0 radical (unpaired) electrons. The molecular formula is C18H16N4O. The first kappa shape index (κ1) is 14.7. The van der Waals surface area contributed by atoms with Crippen LogP contribution in [-0.4, -0.2) is 15.9 Å². The summed E-state index contributed by atoms with van der Waals surface area (Å²) in [6.07, 6.45) is 0. The van der Waals surface area contributed by atoms with Gasteiger partial charge in [0.1, 0.15) is 0 Å². The van der Waals surface area contributed by atoms with Gasteiger partial charge in [0.05, 0.1) is 5.69 Å². The molecule has 1 amide bonds. The number of nitrogens with one attached hydrogen (secondary N) is 1. The summed E-state index contributed by atoms with van der Waals surface area (Å²) in [6.45, 7) is 1.86. The third-order valence-corrected chi connectivity index (χ3v) is 3.32. The lowest BCUT2D eigenvalue weighted by molar-refractivity contribution is 0.102. The van der Waals surface area contributed by atoms with Gasteiger partial charge in [0.2, 0.25) is 5.95 Å². The highest BCUT2D eigenvalue weighted by molar-refractivity contribution is 6.04. The lowest BCUT2D eigenvalue weighted by Gasteiger charge is -2.08. The van der Waals surface area contributed by atoms with Gasteiger partial charge >= 0.3 is 0 Å². The lowest BCUT2D eigenvalue weighted by atomic mass is 10.1. The van der Waals surface area contributed by atoms with Gasteiger partial charge in [0.25, 0.3) is 5.91 Å². The van der Waals surface area contributed by atoms with Gasteiger partial charge in [-0.15, -0.1) is 0 Å². The van der Waals surface area contributed by atoms with Crippen LogP contribution < -0.4 is 11.1 Å². The molecule has 0 fully saturated rings. The molecule has 0 aliphatic rings. The molecule has 0 aliphatic heterocycles. The SMILES string of the molecule is Cc1cc(-c2cccc(NC(=O)c3ccccc3)c2)nc(N)n1. The number of carbonyl (C=O) groups is 1. The molecule has 0 saturated heterocycles. The van der Waals surface area contributed by atoms with Crippen LogP contribution in [0.3, 0.4) is 0 Å². The first-order valence-corrected chi connectivity index (χ1v) is 7.20. The lowest BCUT2D eigenvalue weighted by Crippen LogP contribution is -2.11. The minimum atomic E-state index is -0.152. The molecule has 3 N–H and O–H groups in total. The number of hydrogen-bond acceptors (Lipinski definition) is 4. The van der Waals surface area contributed by atoms with Crippen molar-refractivity contribution in [1.29, 1.82) is 0 Å². The Labute approximate surface area is 134 Å². The topological polar surface area (TPSA) is 80.9 Å². The Morgan fingerprint density at radius 3 is 2.52 bits per heavy atom. The van der Waals surface area contributed by atoms with Gasteiger partial charge in [-0.25, -0.2) is 9.97 Å². The molecule has 114 valence electrons. The molecule has 0 spiro atoms. The molecule has 0 bridgehead atoms. The molecule has 1 heterocycles. The van der Waals surface area contributed by atoms with E-state index in [0.29, 0.717) is 11.3 Å². The van der Waals surface area contributed by atoms with Crippen LogP contribution in [0.5, 0.6) is 0 Å². The number of nitrogens with zero attached hydrogens (tertiary/aromatic N) is 2. The van der Waals surface area contributed by atoms with E-state index in [0.717, 1.165) is 17.0 Å². The van der Waals surface area contributed by atoms with Crippen LogP contribution in [0.1, 0.15) is 16.1 Å². The summed E-state index contributed by atoms with van der Waals surface area (Å²) < 4.78 is 0. The minimum Gasteiger partial charge on any atom is -0.368 e. The molecular weight excluding hydrogens is 288 g/mol. The van der Waals surface area contributed by atoms with Crippen LogP contribution in [-0.2, 0) is 0 Å². The van der Waals surface area contributed by atoms with Crippen molar-refractivity contribution < 1.29 is 4.79 Å². The standard InChI is InChI=1S/C18H16N4O/c1-12-10-16(22-18(19)20-12)14-8-5-9-15(11-14)21-17(23)13-6-3-2-4-7-13/h2-11H,1H3,(H,21,23)(H2,19,20,22). The maximum atomic E-state index is 12.2. The average Bonchev–Trinajstić information content (AvgIpc) is 2.55. The Kier molecular flexibility index (Phi) is 4.01. The molecule has 5 heteroatoms. The van der Waals surface area contributed by atoms with Crippen LogP contribution in [0.15, 0.2) is 60.7 Å². The van der Waals surface area contributed by atoms with Crippen molar-refractivity contribution in [2.45, 2.75) is 6.92 Å². The van der Waals surface area contributed by atoms with E-state index in [9.17, 15) is 4.79 Å². The highest BCUT2D eigenvalue weighted by Crippen LogP contribution is 2.22. The summed E-state index contributed by atoms with van der Waals surface area (Å²) in [4.78, 5) is 20.5. The first-order valence-electron chi connectivity index (χ1n) is 7.20. The molecule has 3 rings (SSSR count). The Bertz CT molecular complexity index is 826. The monoisotopic (exact) mass is 304 g/mol. The van der Waals surface area contributed by atoms with Crippen molar-refractivity contribution in [2.24, 2.45) is 0 Å². The minimum absolute atomic E-state index is 0.152. The third kappa shape index (κ3) is 3.52. The normalized spacial score (nSPS) is 10.3. The maximum Gasteiger partial charge on any atom is 0.255 e. The van der Waals surface area contributed by atoms with Crippen molar-refractivity contribution in [3.05, 3.63) is 71.9 Å². The fourth-order valence-corrected chi connectivity index (χ4v) is 2.29. The zero-order valence-electron chi connectivity index (χ0n) is 12.7. The van der Waals surface area contributed by atoms with E-state index in [2.05, 4.69) is 15.3 Å². The predicted octanol–water partition coefficient (Wildman–Crippen LogP) is 3.29. The molecule has 5 nitrogen and oxygen atoms in total. The number of amides is 1. The van der Waals surface area contributed by atoms with E-state index in [-0.39, 0.29) is 11.9 Å². The van der Waals surface area contributed by atoms with Gasteiger partial charge < -0.3 is 11.1 Å². The van der Waals surface area contributed by atoms with Crippen LogP contribution in [0.4, 0.5) is 11.6 Å². The highest BCUT2D eigenvalue weighted by Gasteiger charge is 2.07. The molecule has 0 unspecified atom stereocenters. The number of nitrogen functional groups attached to an aromatic ring is 1. The summed E-state index contributed by atoms with van der Waals surface area (Å²) in [5.41, 5.74) is 9.40. The fraction of sp³-hybridized carbons (Fsp3) is 0.0556. The van der Waals surface area contributed by atoms with Gasteiger partial charge in [-0.3, -0.25) is 4.79 Å².